The highest BCUT2D eigenvalue weighted by atomic mass is 16.5. The highest BCUT2D eigenvalue weighted by Gasteiger charge is 2.17. The van der Waals surface area contributed by atoms with E-state index >= 15 is 0 Å². The van der Waals surface area contributed by atoms with E-state index in [9.17, 15) is 4.79 Å². The van der Waals surface area contributed by atoms with Gasteiger partial charge in [-0.25, -0.2) is 4.79 Å². The number of carbonyl (C=O) groups is 1. The minimum atomic E-state index is -0.318. The third-order valence-corrected chi connectivity index (χ3v) is 4.23. The van der Waals surface area contributed by atoms with Crippen molar-refractivity contribution in [3.05, 3.63) is 64.7 Å². The summed E-state index contributed by atoms with van der Waals surface area (Å²) in [4.78, 5) is 12.4. The molecule has 2 heteroatoms. The molecule has 2 rings (SSSR count). The van der Waals surface area contributed by atoms with E-state index in [2.05, 4.69) is 47.6 Å². The van der Waals surface area contributed by atoms with Crippen LogP contribution in [0.15, 0.2) is 42.5 Å². The van der Waals surface area contributed by atoms with Crippen molar-refractivity contribution in [2.45, 2.75) is 59.3 Å². The number of hydrogen-bond acceptors (Lipinski definition) is 2. The zero-order valence-corrected chi connectivity index (χ0v) is 15.9. The lowest BCUT2D eigenvalue weighted by atomic mass is 9.86. The Balaban J connectivity index is 2.18. The van der Waals surface area contributed by atoms with Crippen molar-refractivity contribution in [3.8, 4) is 5.75 Å². The van der Waals surface area contributed by atoms with E-state index in [1.807, 2.05) is 43.3 Å². The molecule has 0 radical (unpaired) electrons. The maximum Gasteiger partial charge on any atom is 0.343 e. The molecule has 0 aromatic heterocycles. The molecule has 0 unspecified atom stereocenters. The molecule has 128 valence electrons. The molecule has 0 aliphatic heterocycles. The van der Waals surface area contributed by atoms with Crippen molar-refractivity contribution >= 4 is 5.97 Å². The van der Waals surface area contributed by atoms with E-state index in [0.717, 1.165) is 5.56 Å². The van der Waals surface area contributed by atoms with Gasteiger partial charge in [0.15, 0.2) is 0 Å². The van der Waals surface area contributed by atoms with E-state index in [0.29, 0.717) is 11.3 Å². The predicted molar refractivity (Wildman–Crippen MR) is 100.0 cm³/mol. The zero-order valence-electron chi connectivity index (χ0n) is 15.9. The van der Waals surface area contributed by atoms with Crippen molar-refractivity contribution in [1.82, 2.24) is 0 Å². The molecule has 0 aliphatic carbocycles. The van der Waals surface area contributed by atoms with Crippen LogP contribution in [0.25, 0.3) is 0 Å². The molecule has 0 bridgehead atoms. The normalized spacial score (nSPS) is 12.1. The number of rotatable bonds is 2. The van der Waals surface area contributed by atoms with Gasteiger partial charge in [0.25, 0.3) is 0 Å². The van der Waals surface area contributed by atoms with E-state index in [-0.39, 0.29) is 16.8 Å². The van der Waals surface area contributed by atoms with E-state index in [4.69, 9.17) is 4.74 Å². The molecule has 0 N–H and O–H groups in total. The number of aryl methyl sites for hydroxylation is 1. The molecule has 2 nitrogen and oxygen atoms in total. The van der Waals surface area contributed by atoms with Crippen LogP contribution in [0.2, 0.25) is 0 Å². The van der Waals surface area contributed by atoms with Crippen LogP contribution in [0, 0.1) is 6.92 Å². The van der Waals surface area contributed by atoms with E-state index < -0.39 is 0 Å². The van der Waals surface area contributed by atoms with Crippen molar-refractivity contribution in [2.75, 3.05) is 0 Å². The zero-order chi connectivity index (χ0) is 18.1. The Hall–Kier alpha value is -2.09. The summed E-state index contributed by atoms with van der Waals surface area (Å²) >= 11 is 0. The van der Waals surface area contributed by atoms with Crippen LogP contribution in [0.3, 0.4) is 0 Å². The molecule has 0 amide bonds. The van der Waals surface area contributed by atoms with Gasteiger partial charge in [0.1, 0.15) is 5.75 Å². The Bertz CT molecular complexity index is 726. The van der Waals surface area contributed by atoms with Crippen LogP contribution in [-0.4, -0.2) is 5.97 Å². The van der Waals surface area contributed by atoms with Crippen LogP contribution in [0.4, 0.5) is 0 Å². The first kappa shape index (κ1) is 18.3. The van der Waals surface area contributed by atoms with Gasteiger partial charge >= 0.3 is 5.97 Å². The molecular formula is C22H28O2. The van der Waals surface area contributed by atoms with Gasteiger partial charge in [-0.15, -0.1) is 0 Å². The highest BCUT2D eigenvalue weighted by molar-refractivity contribution is 5.91. The summed E-state index contributed by atoms with van der Waals surface area (Å²) in [6, 6.07) is 13.7. The van der Waals surface area contributed by atoms with Crippen molar-refractivity contribution in [1.29, 1.82) is 0 Å². The van der Waals surface area contributed by atoms with Gasteiger partial charge in [-0.05, 0) is 52.6 Å². The summed E-state index contributed by atoms with van der Waals surface area (Å²) in [7, 11) is 0. The maximum atomic E-state index is 12.4. The fourth-order valence-electron chi connectivity index (χ4n) is 2.50. The van der Waals surface area contributed by atoms with Crippen LogP contribution in [-0.2, 0) is 10.8 Å². The van der Waals surface area contributed by atoms with Gasteiger partial charge in [0.2, 0.25) is 0 Å². The minimum absolute atomic E-state index is 0.0712. The van der Waals surface area contributed by atoms with Gasteiger partial charge in [0, 0.05) is 0 Å². The molecule has 0 atom stereocenters. The summed E-state index contributed by atoms with van der Waals surface area (Å²) < 4.78 is 5.59. The molecule has 0 saturated carbocycles. The van der Waals surface area contributed by atoms with E-state index in [1.165, 1.54) is 11.1 Å². The standard InChI is InChI=1S/C22H28O2/c1-15-14-18(22(5,6)7)12-13-19(15)24-20(23)16-8-10-17(11-9-16)21(2,3)4/h8-14H,1-7H3. The molecule has 0 aliphatic rings. The summed E-state index contributed by atoms with van der Waals surface area (Å²) in [5.41, 5.74) is 4.13. The SMILES string of the molecule is Cc1cc(C(C)(C)C)ccc1OC(=O)c1ccc(C(C)(C)C)cc1. The summed E-state index contributed by atoms with van der Waals surface area (Å²) in [5, 5.41) is 0. The number of ether oxygens (including phenoxy) is 1. The number of esters is 1. The van der Waals surface area contributed by atoms with Gasteiger partial charge < -0.3 is 4.74 Å². The molecular weight excluding hydrogens is 296 g/mol. The number of benzene rings is 2. The maximum absolute atomic E-state index is 12.4. The Labute approximate surface area is 145 Å². The lowest BCUT2D eigenvalue weighted by molar-refractivity contribution is 0.0733. The van der Waals surface area contributed by atoms with Crippen LogP contribution < -0.4 is 4.74 Å². The third kappa shape index (κ3) is 4.25. The fraction of sp³-hybridized carbons (Fsp3) is 0.409. The molecule has 0 spiro atoms. The quantitative estimate of drug-likeness (QED) is 0.515. The average molecular weight is 324 g/mol. The highest BCUT2D eigenvalue weighted by Crippen LogP contribution is 2.28. The van der Waals surface area contributed by atoms with Gasteiger partial charge in [0.05, 0.1) is 5.56 Å². The molecule has 2 aromatic rings. The average Bonchev–Trinajstić information content (AvgIpc) is 2.47. The van der Waals surface area contributed by atoms with Crippen LogP contribution in [0.1, 0.15) is 68.6 Å². The Morgan fingerprint density at radius 2 is 1.29 bits per heavy atom. The lowest BCUT2D eigenvalue weighted by Gasteiger charge is -2.20. The molecule has 24 heavy (non-hydrogen) atoms. The monoisotopic (exact) mass is 324 g/mol. The van der Waals surface area contributed by atoms with Gasteiger partial charge in [-0.1, -0.05) is 65.8 Å². The van der Waals surface area contributed by atoms with Crippen LogP contribution >= 0.6 is 0 Å². The number of carbonyl (C=O) groups excluding carboxylic acids is 1. The summed E-state index contributed by atoms with van der Waals surface area (Å²) in [5.74, 6) is 0.301. The third-order valence-electron chi connectivity index (χ3n) is 4.23. The van der Waals surface area contributed by atoms with E-state index in [1.54, 1.807) is 0 Å². The Morgan fingerprint density at radius 3 is 1.75 bits per heavy atom. The van der Waals surface area contributed by atoms with Crippen molar-refractivity contribution in [2.24, 2.45) is 0 Å². The number of hydrogen-bond donors (Lipinski definition) is 0. The largest absolute Gasteiger partial charge is 0.423 e. The smallest absolute Gasteiger partial charge is 0.343 e. The summed E-state index contributed by atoms with van der Waals surface area (Å²) in [6.07, 6.45) is 0. The van der Waals surface area contributed by atoms with Crippen molar-refractivity contribution in [3.63, 3.8) is 0 Å². The molecule has 0 saturated heterocycles. The molecule has 2 aromatic carbocycles. The fourth-order valence-corrected chi connectivity index (χ4v) is 2.50. The minimum Gasteiger partial charge on any atom is -0.423 e. The summed E-state index contributed by atoms with van der Waals surface area (Å²) in [6.45, 7) is 14.9. The predicted octanol–water partition coefficient (Wildman–Crippen LogP) is 5.81. The first-order chi connectivity index (χ1) is 11.0. The Morgan fingerprint density at radius 1 is 0.792 bits per heavy atom. The second-order valence-electron chi connectivity index (χ2n) is 8.45. The van der Waals surface area contributed by atoms with Crippen molar-refractivity contribution < 1.29 is 9.53 Å². The second kappa shape index (κ2) is 6.43. The first-order valence-corrected chi connectivity index (χ1v) is 8.42. The Kier molecular flexibility index (Phi) is 4.89. The first-order valence-electron chi connectivity index (χ1n) is 8.42. The molecule has 0 fully saturated rings. The molecule has 0 heterocycles. The van der Waals surface area contributed by atoms with Gasteiger partial charge in [-0.2, -0.15) is 0 Å². The van der Waals surface area contributed by atoms with Crippen LogP contribution in [0.5, 0.6) is 5.75 Å². The lowest BCUT2D eigenvalue weighted by Crippen LogP contribution is -2.14. The topological polar surface area (TPSA) is 26.3 Å². The second-order valence-corrected chi connectivity index (χ2v) is 8.45. The van der Waals surface area contributed by atoms with Gasteiger partial charge in [-0.3, -0.25) is 0 Å².